The van der Waals surface area contributed by atoms with Gasteiger partial charge in [-0.3, -0.25) is 9.69 Å². The Bertz CT molecular complexity index is 598. The summed E-state index contributed by atoms with van der Waals surface area (Å²) < 4.78 is 0. The Morgan fingerprint density at radius 1 is 1.08 bits per heavy atom. The molecule has 3 fully saturated rings. The maximum absolute atomic E-state index is 12.8. The lowest BCUT2D eigenvalue weighted by Crippen LogP contribution is -2.64. The van der Waals surface area contributed by atoms with E-state index in [1.807, 2.05) is 0 Å². The van der Waals surface area contributed by atoms with Crippen molar-refractivity contribution in [2.45, 2.75) is 64.5 Å². The standard InChI is InChI=1S/C22H32N2O/c1-17(2)24-16-22(20(24)18-8-4-3-5-9-18)12-14-23(15-13-22)21(25)19-10-6-7-11-19/h3-5,8-9,17,19-20H,6-7,10-16H2,1-2H3. The zero-order valence-corrected chi connectivity index (χ0v) is 15.8. The first kappa shape index (κ1) is 17.1. The van der Waals surface area contributed by atoms with E-state index in [-0.39, 0.29) is 0 Å². The molecule has 1 spiro atoms. The molecule has 0 N–H and O–H groups in total. The van der Waals surface area contributed by atoms with Crippen LogP contribution in [0.3, 0.4) is 0 Å². The number of likely N-dealkylation sites (tertiary alicyclic amines) is 2. The molecule has 0 aromatic heterocycles. The van der Waals surface area contributed by atoms with Gasteiger partial charge in [0.2, 0.25) is 5.91 Å². The minimum absolute atomic E-state index is 0.326. The fourth-order valence-corrected chi connectivity index (χ4v) is 5.48. The Kier molecular flexibility index (Phi) is 4.61. The van der Waals surface area contributed by atoms with Crippen LogP contribution >= 0.6 is 0 Å². The maximum atomic E-state index is 12.8. The van der Waals surface area contributed by atoms with Crippen molar-refractivity contribution in [3.05, 3.63) is 35.9 Å². The number of nitrogens with zero attached hydrogens (tertiary/aromatic N) is 2. The summed E-state index contributed by atoms with van der Waals surface area (Å²) >= 11 is 0. The van der Waals surface area contributed by atoms with Crippen molar-refractivity contribution in [3.8, 4) is 0 Å². The molecule has 2 heterocycles. The summed E-state index contributed by atoms with van der Waals surface area (Å²) in [7, 11) is 0. The molecule has 1 unspecified atom stereocenters. The van der Waals surface area contributed by atoms with Crippen molar-refractivity contribution in [2.24, 2.45) is 11.3 Å². The third-order valence-electron chi connectivity index (χ3n) is 6.96. The van der Waals surface area contributed by atoms with Gasteiger partial charge < -0.3 is 4.90 Å². The van der Waals surface area contributed by atoms with Gasteiger partial charge in [-0.1, -0.05) is 43.2 Å². The van der Waals surface area contributed by atoms with Crippen LogP contribution < -0.4 is 0 Å². The summed E-state index contributed by atoms with van der Waals surface area (Å²) in [6.45, 7) is 7.73. The molecular formula is C22H32N2O. The van der Waals surface area contributed by atoms with Crippen molar-refractivity contribution in [1.82, 2.24) is 9.80 Å². The summed E-state index contributed by atoms with van der Waals surface area (Å²) in [5.74, 6) is 0.774. The summed E-state index contributed by atoms with van der Waals surface area (Å²) in [4.78, 5) is 17.6. The van der Waals surface area contributed by atoms with Crippen LogP contribution in [0.1, 0.15) is 64.0 Å². The molecule has 0 radical (unpaired) electrons. The third kappa shape index (κ3) is 3.01. The Hall–Kier alpha value is -1.35. The van der Waals surface area contributed by atoms with E-state index in [4.69, 9.17) is 0 Å². The van der Waals surface area contributed by atoms with Crippen molar-refractivity contribution in [1.29, 1.82) is 0 Å². The van der Waals surface area contributed by atoms with E-state index < -0.39 is 0 Å². The lowest BCUT2D eigenvalue weighted by Gasteiger charge is -2.62. The number of piperidine rings is 1. The SMILES string of the molecule is CC(C)N1CC2(CCN(C(=O)C3CCCC3)CC2)C1c1ccccc1. The van der Waals surface area contributed by atoms with E-state index in [9.17, 15) is 4.79 Å². The largest absolute Gasteiger partial charge is 0.342 e. The van der Waals surface area contributed by atoms with Gasteiger partial charge in [-0.05, 0) is 45.1 Å². The van der Waals surface area contributed by atoms with E-state index in [0.717, 1.165) is 38.8 Å². The van der Waals surface area contributed by atoms with Crippen molar-refractivity contribution >= 4 is 5.91 Å². The molecule has 3 heteroatoms. The quantitative estimate of drug-likeness (QED) is 0.821. The fourth-order valence-electron chi connectivity index (χ4n) is 5.48. The normalized spacial score (nSPS) is 27.0. The van der Waals surface area contributed by atoms with Gasteiger partial charge in [-0.2, -0.15) is 0 Å². The number of benzene rings is 1. The topological polar surface area (TPSA) is 23.6 Å². The molecule has 1 aliphatic carbocycles. The van der Waals surface area contributed by atoms with Gasteiger partial charge in [0, 0.05) is 43.1 Å². The highest BCUT2D eigenvalue weighted by Crippen LogP contribution is 2.55. The highest BCUT2D eigenvalue weighted by Gasteiger charge is 2.54. The number of carbonyl (C=O) groups excluding carboxylic acids is 1. The van der Waals surface area contributed by atoms with Crippen LogP contribution in [-0.2, 0) is 4.79 Å². The summed E-state index contributed by atoms with van der Waals surface area (Å²) in [5.41, 5.74) is 1.83. The first-order chi connectivity index (χ1) is 12.1. The van der Waals surface area contributed by atoms with Crippen LogP contribution in [0.4, 0.5) is 0 Å². The van der Waals surface area contributed by atoms with Crippen molar-refractivity contribution in [2.75, 3.05) is 19.6 Å². The highest BCUT2D eigenvalue weighted by molar-refractivity contribution is 5.79. The van der Waals surface area contributed by atoms with Gasteiger partial charge >= 0.3 is 0 Å². The molecule has 1 saturated carbocycles. The predicted octanol–water partition coefficient (Wildman–Crippen LogP) is 4.25. The molecule has 3 aliphatic rings. The number of hydrogen-bond acceptors (Lipinski definition) is 2. The molecule has 2 aliphatic heterocycles. The average Bonchev–Trinajstić information content (AvgIpc) is 3.15. The Morgan fingerprint density at radius 2 is 1.72 bits per heavy atom. The lowest BCUT2D eigenvalue weighted by atomic mass is 9.62. The van der Waals surface area contributed by atoms with Gasteiger partial charge in [0.25, 0.3) is 0 Å². The monoisotopic (exact) mass is 340 g/mol. The van der Waals surface area contributed by atoms with Gasteiger partial charge in [0.1, 0.15) is 0 Å². The Morgan fingerprint density at radius 3 is 2.32 bits per heavy atom. The molecule has 1 amide bonds. The number of carbonyl (C=O) groups is 1. The molecule has 1 aromatic carbocycles. The molecule has 0 bridgehead atoms. The maximum Gasteiger partial charge on any atom is 0.225 e. The molecular weight excluding hydrogens is 308 g/mol. The van der Waals surface area contributed by atoms with Gasteiger partial charge in [0.05, 0.1) is 0 Å². The van der Waals surface area contributed by atoms with E-state index >= 15 is 0 Å². The van der Waals surface area contributed by atoms with Crippen LogP contribution in [0.2, 0.25) is 0 Å². The predicted molar refractivity (Wildman–Crippen MR) is 101 cm³/mol. The molecule has 2 saturated heterocycles. The average molecular weight is 341 g/mol. The molecule has 1 atom stereocenters. The van der Waals surface area contributed by atoms with E-state index in [1.54, 1.807) is 0 Å². The molecule has 1 aromatic rings. The summed E-state index contributed by atoms with van der Waals surface area (Å²) in [6, 6.07) is 12.1. The van der Waals surface area contributed by atoms with Crippen LogP contribution in [0.25, 0.3) is 0 Å². The molecule has 3 nitrogen and oxygen atoms in total. The second kappa shape index (κ2) is 6.75. The van der Waals surface area contributed by atoms with Crippen LogP contribution in [0.15, 0.2) is 30.3 Å². The van der Waals surface area contributed by atoms with Gasteiger partial charge in [-0.25, -0.2) is 0 Å². The number of amides is 1. The van der Waals surface area contributed by atoms with Crippen LogP contribution in [0.5, 0.6) is 0 Å². The van der Waals surface area contributed by atoms with Crippen LogP contribution in [0, 0.1) is 11.3 Å². The second-order valence-corrected chi connectivity index (χ2v) is 8.75. The minimum Gasteiger partial charge on any atom is -0.342 e. The van der Waals surface area contributed by atoms with E-state index in [2.05, 4.69) is 54.0 Å². The van der Waals surface area contributed by atoms with Gasteiger partial charge in [-0.15, -0.1) is 0 Å². The van der Waals surface area contributed by atoms with E-state index in [0.29, 0.717) is 29.3 Å². The molecule has 136 valence electrons. The second-order valence-electron chi connectivity index (χ2n) is 8.75. The Labute approximate surface area is 152 Å². The third-order valence-corrected chi connectivity index (χ3v) is 6.96. The first-order valence-electron chi connectivity index (χ1n) is 10.2. The summed E-state index contributed by atoms with van der Waals surface area (Å²) in [6.07, 6.45) is 7.05. The lowest BCUT2D eigenvalue weighted by molar-refractivity contribution is -0.150. The first-order valence-corrected chi connectivity index (χ1v) is 10.2. The minimum atomic E-state index is 0.326. The fraction of sp³-hybridized carbons (Fsp3) is 0.682. The summed E-state index contributed by atoms with van der Waals surface area (Å²) in [5, 5.41) is 0. The molecule has 25 heavy (non-hydrogen) atoms. The highest BCUT2D eigenvalue weighted by atomic mass is 16.2. The molecule has 4 rings (SSSR count). The van der Waals surface area contributed by atoms with Crippen molar-refractivity contribution in [3.63, 3.8) is 0 Å². The van der Waals surface area contributed by atoms with Crippen LogP contribution in [-0.4, -0.2) is 41.4 Å². The zero-order chi connectivity index (χ0) is 17.4. The smallest absolute Gasteiger partial charge is 0.225 e. The Balaban J connectivity index is 1.46. The van der Waals surface area contributed by atoms with Crippen molar-refractivity contribution < 1.29 is 4.79 Å². The van der Waals surface area contributed by atoms with Gasteiger partial charge in [0.15, 0.2) is 0 Å². The number of rotatable bonds is 3. The van der Waals surface area contributed by atoms with E-state index in [1.165, 1.54) is 24.9 Å². The zero-order valence-electron chi connectivity index (χ0n) is 15.8. The number of hydrogen-bond donors (Lipinski definition) is 0.